The maximum absolute atomic E-state index is 13.2. The number of Topliss-reactive ketones (excluding diaryl/α,β-unsaturated/α-hetero) is 1. The van der Waals surface area contributed by atoms with Crippen LogP contribution < -0.4 is 15.4 Å². The van der Waals surface area contributed by atoms with E-state index < -0.39 is 12.1 Å². The number of pyridine rings is 1. The van der Waals surface area contributed by atoms with Gasteiger partial charge in [0.05, 0.1) is 34.3 Å². The highest BCUT2D eigenvalue weighted by Gasteiger charge is 2.41. The fourth-order valence-electron chi connectivity index (χ4n) is 5.05. The second-order valence-corrected chi connectivity index (χ2v) is 10.6. The van der Waals surface area contributed by atoms with E-state index in [1.165, 1.54) is 7.11 Å². The first-order chi connectivity index (χ1) is 19.7. The van der Waals surface area contributed by atoms with Gasteiger partial charge in [0.15, 0.2) is 11.4 Å². The van der Waals surface area contributed by atoms with Crippen molar-refractivity contribution in [1.82, 2.24) is 20.3 Å². The predicted octanol–water partition coefficient (Wildman–Crippen LogP) is 6.35. The third-order valence-electron chi connectivity index (χ3n) is 7.26. The number of methoxy groups -OCH3 is 1. The summed E-state index contributed by atoms with van der Waals surface area (Å²) in [5, 5.41) is 6.16. The number of benzene rings is 1. The second-order valence-electron chi connectivity index (χ2n) is 10.2. The zero-order valence-electron chi connectivity index (χ0n) is 22.7. The van der Waals surface area contributed by atoms with Crippen LogP contribution in [-0.2, 0) is 16.1 Å². The third kappa shape index (κ3) is 8.32. The van der Waals surface area contributed by atoms with E-state index in [4.69, 9.17) is 21.1 Å². The van der Waals surface area contributed by atoms with Crippen molar-refractivity contribution in [3.63, 3.8) is 0 Å². The van der Waals surface area contributed by atoms with Crippen LogP contribution in [0.5, 0.6) is 5.88 Å². The molecule has 2 aromatic heterocycles. The van der Waals surface area contributed by atoms with Gasteiger partial charge in [0, 0.05) is 20.1 Å². The fraction of sp³-hybridized carbons (Fsp3) is 0.500. The molecule has 4 rings (SSSR count). The van der Waals surface area contributed by atoms with Gasteiger partial charge in [-0.2, -0.15) is 23.1 Å². The van der Waals surface area contributed by atoms with Gasteiger partial charge in [-0.15, -0.1) is 0 Å². The highest BCUT2D eigenvalue weighted by atomic mass is 35.5. The van der Waals surface area contributed by atoms with Crippen LogP contribution in [0.4, 0.5) is 24.8 Å². The van der Waals surface area contributed by atoms with Crippen molar-refractivity contribution in [2.75, 3.05) is 25.6 Å². The molecule has 0 unspecified atom stereocenters. The lowest BCUT2D eigenvalue weighted by atomic mass is 9.79. The predicted molar refractivity (Wildman–Crippen MR) is 149 cm³/mol. The standard InChI is InChI=1S/C28H33ClF3N5O4/c1-40-11-12-41-26-20(24(39)4-2-3-17-5-8-19(9-6-17)28(30,31)32)14-23-25(36-26)37-27(35-23)34-22-13-18(15-33-16-38)7-10-21(22)29/h7,10,13-14,16-17,19H,2-6,8-9,11-12,15H2,1H3,(H,33,38)(H2,34,35,36,37). The number of aromatic nitrogens is 3. The van der Waals surface area contributed by atoms with Crippen molar-refractivity contribution in [2.24, 2.45) is 11.8 Å². The van der Waals surface area contributed by atoms with E-state index in [0.717, 1.165) is 5.56 Å². The van der Waals surface area contributed by atoms with Crippen LogP contribution in [0.3, 0.4) is 0 Å². The summed E-state index contributed by atoms with van der Waals surface area (Å²) in [4.78, 5) is 35.9. The number of rotatable bonds is 14. The number of ether oxygens (including phenoxy) is 2. The molecule has 2 heterocycles. The van der Waals surface area contributed by atoms with E-state index in [1.54, 1.807) is 24.3 Å². The Balaban J connectivity index is 1.45. The summed E-state index contributed by atoms with van der Waals surface area (Å²) in [5.74, 6) is -0.697. The summed E-state index contributed by atoms with van der Waals surface area (Å²) in [5.41, 5.74) is 2.52. The maximum Gasteiger partial charge on any atom is 0.391 e. The number of nitrogens with zero attached hydrogens (tertiary/aromatic N) is 2. The third-order valence-corrected chi connectivity index (χ3v) is 7.59. The number of hydrogen-bond donors (Lipinski definition) is 3. The Kier molecular flexibility index (Phi) is 10.4. The number of halogens is 4. The average Bonchev–Trinajstić information content (AvgIpc) is 3.34. The average molecular weight is 596 g/mol. The van der Waals surface area contributed by atoms with E-state index in [9.17, 15) is 22.8 Å². The number of aromatic amines is 1. The largest absolute Gasteiger partial charge is 0.475 e. The van der Waals surface area contributed by atoms with Crippen molar-refractivity contribution in [1.29, 1.82) is 0 Å². The Bertz CT molecular complexity index is 1340. The molecule has 0 radical (unpaired) electrons. The Labute approximate surface area is 240 Å². The summed E-state index contributed by atoms with van der Waals surface area (Å²) in [6, 6.07) is 6.92. The van der Waals surface area contributed by atoms with Gasteiger partial charge in [-0.25, -0.2) is 0 Å². The highest BCUT2D eigenvalue weighted by Crippen LogP contribution is 2.41. The van der Waals surface area contributed by atoms with Gasteiger partial charge < -0.3 is 25.1 Å². The molecule has 0 aliphatic heterocycles. The van der Waals surface area contributed by atoms with Crippen LogP contribution in [0, 0.1) is 11.8 Å². The molecule has 0 saturated heterocycles. The van der Waals surface area contributed by atoms with Gasteiger partial charge >= 0.3 is 6.18 Å². The van der Waals surface area contributed by atoms with E-state index in [1.807, 2.05) is 0 Å². The molecule has 41 heavy (non-hydrogen) atoms. The molecule has 1 fully saturated rings. The van der Waals surface area contributed by atoms with Crippen LogP contribution >= 0.6 is 11.6 Å². The van der Waals surface area contributed by atoms with E-state index in [0.29, 0.717) is 78.6 Å². The van der Waals surface area contributed by atoms with Crippen molar-refractivity contribution >= 4 is 46.6 Å². The number of alkyl halides is 3. The lowest BCUT2D eigenvalue weighted by molar-refractivity contribution is -0.184. The van der Waals surface area contributed by atoms with Gasteiger partial charge in [0.1, 0.15) is 6.61 Å². The number of amides is 1. The number of H-pyrrole nitrogens is 1. The fourth-order valence-corrected chi connectivity index (χ4v) is 5.21. The van der Waals surface area contributed by atoms with Gasteiger partial charge in [-0.05, 0) is 61.8 Å². The molecule has 1 aliphatic carbocycles. The number of ketones is 1. The molecule has 222 valence electrons. The lowest BCUT2D eigenvalue weighted by Crippen LogP contribution is -2.27. The van der Waals surface area contributed by atoms with Crippen molar-refractivity contribution in [2.45, 2.75) is 57.7 Å². The quantitative estimate of drug-likeness (QED) is 0.113. The highest BCUT2D eigenvalue weighted by molar-refractivity contribution is 6.33. The van der Waals surface area contributed by atoms with Gasteiger partial charge in [0.25, 0.3) is 0 Å². The molecule has 0 atom stereocenters. The molecule has 1 aliphatic rings. The number of nitrogens with one attached hydrogen (secondary N) is 3. The minimum absolute atomic E-state index is 0.142. The molecule has 1 aromatic carbocycles. The lowest BCUT2D eigenvalue weighted by Gasteiger charge is -2.29. The van der Waals surface area contributed by atoms with Crippen molar-refractivity contribution in [3.05, 3.63) is 40.4 Å². The number of carbonyl (C=O) groups is 2. The molecule has 3 N–H and O–H groups in total. The number of imidazole rings is 1. The Morgan fingerprint density at radius 2 is 1.95 bits per heavy atom. The second kappa shape index (κ2) is 14.0. The Hall–Kier alpha value is -3.38. The molecule has 1 amide bonds. The molecule has 9 nitrogen and oxygen atoms in total. The van der Waals surface area contributed by atoms with E-state index in [-0.39, 0.29) is 43.5 Å². The number of fused-ring (bicyclic) bond motifs is 1. The summed E-state index contributed by atoms with van der Waals surface area (Å²) in [7, 11) is 1.54. The molecule has 0 bridgehead atoms. The first-order valence-electron chi connectivity index (χ1n) is 13.5. The normalized spacial score (nSPS) is 17.4. The van der Waals surface area contributed by atoms with E-state index in [2.05, 4.69) is 25.6 Å². The molecule has 0 spiro atoms. The number of hydrogen-bond acceptors (Lipinski definition) is 7. The zero-order chi connectivity index (χ0) is 29.4. The Morgan fingerprint density at radius 3 is 2.66 bits per heavy atom. The number of carbonyl (C=O) groups excluding carboxylic acids is 2. The van der Waals surface area contributed by atoms with Gasteiger partial charge in [-0.3, -0.25) is 9.59 Å². The smallest absolute Gasteiger partial charge is 0.391 e. The minimum atomic E-state index is -4.13. The van der Waals surface area contributed by atoms with Crippen LogP contribution in [0.15, 0.2) is 24.3 Å². The van der Waals surface area contributed by atoms with Crippen LogP contribution in [0.2, 0.25) is 5.02 Å². The first kappa shape index (κ1) is 30.6. The monoisotopic (exact) mass is 595 g/mol. The molecule has 13 heteroatoms. The van der Waals surface area contributed by atoms with Gasteiger partial charge in [-0.1, -0.05) is 24.1 Å². The number of anilines is 2. The summed E-state index contributed by atoms with van der Waals surface area (Å²) in [6.07, 6.45) is -0.652. The molecule has 3 aromatic rings. The Morgan fingerprint density at radius 1 is 1.17 bits per heavy atom. The molecule has 1 saturated carbocycles. The van der Waals surface area contributed by atoms with Crippen molar-refractivity contribution in [3.8, 4) is 5.88 Å². The topological polar surface area (TPSA) is 118 Å². The van der Waals surface area contributed by atoms with E-state index >= 15 is 0 Å². The van der Waals surface area contributed by atoms with Gasteiger partial charge in [0.2, 0.25) is 18.2 Å². The summed E-state index contributed by atoms with van der Waals surface area (Å²) in [6.45, 7) is 0.819. The summed E-state index contributed by atoms with van der Waals surface area (Å²) < 4.78 is 49.7. The summed E-state index contributed by atoms with van der Waals surface area (Å²) >= 11 is 6.34. The van der Waals surface area contributed by atoms with Crippen LogP contribution in [0.25, 0.3) is 11.2 Å². The molecular weight excluding hydrogens is 563 g/mol. The first-order valence-corrected chi connectivity index (χ1v) is 13.9. The maximum atomic E-state index is 13.2. The van der Waals surface area contributed by atoms with Crippen molar-refractivity contribution < 1.29 is 32.2 Å². The van der Waals surface area contributed by atoms with Crippen LogP contribution in [-0.4, -0.2) is 53.6 Å². The SMILES string of the molecule is COCCOc1nc2nc(Nc3cc(CNC=O)ccc3Cl)[nH]c2cc1C(=O)CCCC1CCC(C(F)(F)F)CC1. The van der Waals surface area contributed by atoms with Crippen LogP contribution in [0.1, 0.15) is 60.9 Å². The zero-order valence-corrected chi connectivity index (χ0v) is 23.4. The molecular formula is C28H33ClF3N5O4. The minimum Gasteiger partial charge on any atom is -0.475 e.